The van der Waals surface area contributed by atoms with Crippen molar-refractivity contribution in [3.8, 4) is 0 Å². The fourth-order valence-electron chi connectivity index (χ4n) is 1.49. The van der Waals surface area contributed by atoms with Gasteiger partial charge in [0.05, 0.1) is 15.6 Å². The minimum Gasteiger partial charge on any atom is -0.399 e. The first kappa shape index (κ1) is 14.0. The maximum atomic E-state index is 11.7. The molecule has 4 nitrogen and oxygen atoms in total. The van der Waals surface area contributed by atoms with Crippen molar-refractivity contribution in [3.63, 3.8) is 0 Å². The lowest BCUT2D eigenvalue weighted by Gasteiger charge is -2.11. The predicted octanol–water partition coefficient (Wildman–Crippen LogP) is 2.42. The highest BCUT2D eigenvalue weighted by molar-refractivity contribution is 7.90. The number of hydrogen-bond donors (Lipinski definition) is 0. The number of sulfone groups is 1. The highest BCUT2D eigenvalue weighted by atomic mass is 35.5. The van der Waals surface area contributed by atoms with Gasteiger partial charge in [0.1, 0.15) is 7.11 Å². The number of hydrogen-bond acceptors (Lipinski definition) is 4. The van der Waals surface area contributed by atoms with Crippen LogP contribution in [-0.4, -0.2) is 27.5 Å². The molecule has 0 heterocycles. The Hall–Kier alpha value is -1.07. The number of benzene rings is 1. The van der Waals surface area contributed by atoms with Crippen LogP contribution >= 0.6 is 11.6 Å². The van der Waals surface area contributed by atoms with Crippen molar-refractivity contribution in [3.05, 3.63) is 28.3 Å². The first-order valence-electron chi connectivity index (χ1n) is 4.86. The number of aryl methyl sites for hydroxylation is 1. The number of nitrogens with zero attached hydrogens (tertiary/aromatic N) is 1. The van der Waals surface area contributed by atoms with Gasteiger partial charge < -0.3 is 4.84 Å². The van der Waals surface area contributed by atoms with E-state index in [0.29, 0.717) is 16.3 Å². The normalized spacial score (nSPS) is 12.6. The molecule has 0 aliphatic heterocycles. The molecule has 0 aromatic heterocycles. The Morgan fingerprint density at radius 1 is 1.41 bits per heavy atom. The van der Waals surface area contributed by atoms with Crippen LogP contribution in [-0.2, 0) is 14.7 Å². The van der Waals surface area contributed by atoms with Crippen molar-refractivity contribution >= 4 is 27.1 Å². The van der Waals surface area contributed by atoms with E-state index in [9.17, 15) is 8.42 Å². The average molecular weight is 276 g/mol. The maximum Gasteiger partial charge on any atom is 0.176 e. The van der Waals surface area contributed by atoms with Crippen LogP contribution in [0.4, 0.5) is 0 Å². The smallest absolute Gasteiger partial charge is 0.176 e. The van der Waals surface area contributed by atoms with Gasteiger partial charge in [0, 0.05) is 11.8 Å². The monoisotopic (exact) mass is 275 g/mol. The van der Waals surface area contributed by atoms with Gasteiger partial charge in [-0.15, -0.1) is 0 Å². The molecule has 0 saturated heterocycles. The molecule has 0 aliphatic carbocycles. The van der Waals surface area contributed by atoms with Crippen LogP contribution in [0.25, 0.3) is 0 Å². The molecule has 0 unspecified atom stereocenters. The summed E-state index contributed by atoms with van der Waals surface area (Å²) >= 11 is 6.13. The minimum absolute atomic E-state index is 0.159. The summed E-state index contributed by atoms with van der Waals surface area (Å²) in [4.78, 5) is 4.81. The van der Waals surface area contributed by atoms with Crippen LogP contribution in [0.5, 0.6) is 0 Å². The number of halogens is 1. The number of rotatable bonds is 3. The van der Waals surface area contributed by atoms with Crippen molar-refractivity contribution in [2.24, 2.45) is 5.16 Å². The van der Waals surface area contributed by atoms with E-state index in [1.165, 1.54) is 13.2 Å². The molecule has 0 fully saturated rings. The van der Waals surface area contributed by atoms with Gasteiger partial charge >= 0.3 is 0 Å². The summed E-state index contributed by atoms with van der Waals surface area (Å²) in [7, 11) is -1.96. The van der Waals surface area contributed by atoms with E-state index in [2.05, 4.69) is 9.99 Å². The predicted molar refractivity (Wildman–Crippen MR) is 68.5 cm³/mol. The first-order chi connectivity index (χ1) is 7.79. The molecule has 0 amide bonds. The molecule has 0 radical (unpaired) electrons. The molecule has 0 spiro atoms. The zero-order valence-electron chi connectivity index (χ0n) is 10.1. The van der Waals surface area contributed by atoms with Crippen LogP contribution in [0, 0.1) is 6.92 Å². The Bertz CT molecular complexity index is 564. The van der Waals surface area contributed by atoms with Gasteiger partial charge in [-0.25, -0.2) is 8.42 Å². The Labute approximate surface area is 106 Å². The van der Waals surface area contributed by atoms with E-state index in [1.54, 1.807) is 19.9 Å². The van der Waals surface area contributed by atoms with Crippen molar-refractivity contribution in [1.29, 1.82) is 0 Å². The van der Waals surface area contributed by atoms with Crippen LogP contribution in [0.15, 0.2) is 22.2 Å². The lowest BCUT2D eigenvalue weighted by molar-refractivity contribution is 0.213. The molecule has 1 rings (SSSR count). The second-order valence-corrected chi connectivity index (χ2v) is 6.06. The highest BCUT2D eigenvalue weighted by Crippen LogP contribution is 2.28. The van der Waals surface area contributed by atoms with E-state index < -0.39 is 9.84 Å². The molecule has 1 aromatic rings. The van der Waals surface area contributed by atoms with E-state index >= 15 is 0 Å². The summed E-state index contributed by atoms with van der Waals surface area (Å²) in [6.07, 6.45) is 1.14. The summed E-state index contributed by atoms with van der Waals surface area (Å²) in [5.41, 5.74) is 1.62. The molecule has 17 heavy (non-hydrogen) atoms. The molecule has 0 bridgehead atoms. The Kier molecular flexibility index (Phi) is 4.16. The molecular weight excluding hydrogens is 262 g/mol. The van der Waals surface area contributed by atoms with Gasteiger partial charge in [0.25, 0.3) is 0 Å². The maximum absolute atomic E-state index is 11.7. The highest BCUT2D eigenvalue weighted by Gasteiger charge is 2.19. The lowest BCUT2D eigenvalue weighted by Crippen LogP contribution is -2.08. The van der Waals surface area contributed by atoms with Crippen molar-refractivity contribution in [2.75, 3.05) is 13.4 Å². The van der Waals surface area contributed by atoms with Gasteiger partial charge in [-0.1, -0.05) is 22.8 Å². The standard InChI is InChI=1S/C11H14ClNO3S/c1-7-5-6-9(17(4,14)15)10(11(7)12)8(2)13-16-3/h5-6H,1-4H3/b13-8+. The van der Waals surface area contributed by atoms with E-state index in [4.69, 9.17) is 11.6 Å². The fraction of sp³-hybridized carbons (Fsp3) is 0.364. The lowest BCUT2D eigenvalue weighted by atomic mass is 10.1. The van der Waals surface area contributed by atoms with Crippen molar-refractivity contribution < 1.29 is 13.3 Å². The van der Waals surface area contributed by atoms with Gasteiger partial charge in [-0.2, -0.15) is 0 Å². The molecule has 0 saturated carbocycles. The minimum atomic E-state index is -3.36. The SMILES string of the molecule is CO/N=C(\C)c1c(S(C)(=O)=O)ccc(C)c1Cl. The number of oxime groups is 1. The molecule has 0 atom stereocenters. The van der Waals surface area contributed by atoms with Gasteiger partial charge in [0.2, 0.25) is 0 Å². The summed E-state index contributed by atoms with van der Waals surface area (Å²) in [5.74, 6) is 0. The Balaban J connectivity index is 3.65. The third kappa shape index (κ3) is 2.98. The zero-order valence-corrected chi connectivity index (χ0v) is 11.7. The average Bonchev–Trinajstić information content (AvgIpc) is 2.20. The van der Waals surface area contributed by atoms with Crippen molar-refractivity contribution in [1.82, 2.24) is 0 Å². The van der Waals surface area contributed by atoms with Crippen LogP contribution in [0.1, 0.15) is 18.1 Å². The molecule has 0 N–H and O–H groups in total. The van der Waals surface area contributed by atoms with E-state index in [1.807, 2.05) is 0 Å². The summed E-state index contributed by atoms with van der Waals surface area (Å²) < 4.78 is 23.3. The molecule has 1 aromatic carbocycles. The quantitative estimate of drug-likeness (QED) is 0.629. The van der Waals surface area contributed by atoms with Gasteiger partial charge in [0.15, 0.2) is 9.84 Å². The third-order valence-electron chi connectivity index (χ3n) is 2.29. The largest absolute Gasteiger partial charge is 0.399 e. The summed E-state index contributed by atoms with van der Waals surface area (Å²) in [6.45, 7) is 3.46. The zero-order chi connectivity index (χ0) is 13.2. The van der Waals surface area contributed by atoms with Crippen LogP contribution in [0.2, 0.25) is 5.02 Å². The molecule has 0 aliphatic rings. The van der Waals surface area contributed by atoms with Crippen molar-refractivity contribution in [2.45, 2.75) is 18.7 Å². The van der Waals surface area contributed by atoms with Crippen LogP contribution in [0.3, 0.4) is 0 Å². The fourth-order valence-corrected chi connectivity index (χ4v) is 2.78. The van der Waals surface area contributed by atoms with Crippen LogP contribution < -0.4 is 0 Å². The van der Waals surface area contributed by atoms with E-state index in [-0.39, 0.29) is 4.90 Å². The first-order valence-corrected chi connectivity index (χ1v) is 7.13. The summed E-state index contributed by atoms with van der Waals surface area (Å²) in [6, 6.07) is 3.20. The Morgan fingerprint density at radius 3 is 2.47 bits per heavy atom. The second kappa shape index (κ2) is 5.06. The summed E-state index contributed by atoms with van der Waals surface area (Å²) in [5, 5.41) is 4.12. The van der Waals surface area contributed by atoms with Gasteiger partial charge in [-0.05, 0) is 25.5 Å². The third-order valence-corrected chi connectivity index (χ3v) is 3.91. The molecular formula is C11H14ClNO3S. The topological polar surface area (TPSA) is 55.7 Å². The van der Waals surface area contributed by atoms with E-state index in [0.717, 1.165) is 11.8 Å². The Morgan fingerprint density at radius 2 is 2.00 bits per heavy atom. The molecule has 6 heteroatoms. The van der Waals surface area contributed by atoms with Gasteiger partial charge in [-0.3, -0.25) is 0 Å². The molecule has 94 valence electrons. The second-order valence-electron chi connectivity index (χ2n) is 3.70.